The molecule has 0 aliphatic heterocycles. The maximum absolute atomic E-state index is 8.64. The Morgan fingerprint density at radius 3 is 2.81 bits per heavy atom. The second kappa shape index (κ2) is 7.19. The molecule has 0 amide bonds. The fourth-order valence-electron chi connectivity index (χ4n) is 1.36. The number of unbranched alkanes of at least 4 members (excludes halogenated alkanes) is 2. The van der Waals surface area contributed by atoms with E-state index in [2.05, 4.69) is 10.2 Å². The van der Waals surface area contributed by atoms with Gasteiger partial charge in [0.25, 0.3) is 0 Å². The summed E-state index contributed by atoms with van der Waals surface area (Å²) in [6, 6.07) is 0.535. The van der Waals surface area contributed by atoms with Crippen molar-refractivity contribution in [2.24, 2.45) is 5.73 Å². The van der Waals surface area contributed by atoms with Gasteiger partial charge < -0.3 is 20.2 Å². The topological polar surface area (TPSA) is 88.4 Å². The largest absolute Gasteiger partial charge is 0.408 e. The van der Waals surface area contributed by atoms with Crippen LogP contribution in [0, 0.1) is 0 Å². The molecule has 0 radical (unpaired) electrons. The van der Waals surface area contributed by atoms with Crippen molar-refractivity contribution in [3.63, 3.8) is 0 Å². The highest BCUT2D eigenvalue weighted by atomic mass is 16.4. The lowest BCUT2D eigenvalue weighted by molar-refractivity contribution is 0.283. The van der Waals surface area contributed by atoms with Crippen molar-refractivity contribution < 1.29 is 9.52 Å². The third kappa shape index (κ3) is 4.16. The molecule has 6 heteroatoms. The third-order valence-electron chi connectivity index (χ3n) is 2.29. The molecule has 3 N–H and O–H groups in total. The minimum absolute atomic E-state index is 0.255. The molecule has 16 heavy (non-hydrogen) atoms. The summed E-state index contributed by atoms with van der Waals surface area (Å²) in [4.78, 5) is 1.92. The van der Waals surface area contributed by atoms with Gasteiger partial charge in [0.05, 0.1) is 0 Å². The zero-order valence-electron chi connectivity index (χ0n) is 9.72. The van der Waals surface area contributed by atoms with Crippen molar-refractivity contribution in [2.75, 3.05) is 31.6 Å². The average Bonchev–Trinajstić information content (AvgIpc) is 2.73. The summed E-state index contributed by atoms with van der Waals surface area (Å²) < 4.78 is 5.42. The fourth-order valence-corrected chi connectivity index (χ4v) is 1.36. The molecule has 0 spiro atoms. The van der Waals surface area contributed by atoms with Crippen LogP contribution in [0.1, 0.15) is 25.2 Å². The van der Waals surface area contributed by atoms with Crippen molar-refractivity contribution >= 4 is 6.01 Å². The molecule has 0 atom stereocenters. The Hall–Kier alpha value is -1.14. The van der Waals surface area contributed by atoms with Gasteiger partial charge in [-0.2, -0.15) is 0 Å². The van der Waals surface area contributed by atoms with Gasteiger partial charge in [0, 0.05) is 33.2 Å². The Labute approximate surface area is 95.4 Å². The molecule has 92 valence electrons. The van der Waals surface area contributed by atoms with E-state index in [1.54, 1.807) is 0 Å². The van der Waals surface area contributed by atoms with E-state index in [4.69, 9.17) is 15.3 Å². The molecule has 1 aromatic rings. The van der Waals surface area contributed by atoms with E-state index in [-0.39, 0.29) is 6.61 Å². The molecule has 1 rings (SSSR count). The first-order valence-corrected chi connectivity index (χ1v) is 5.62. The van der Waals surface area contributed by atoms with Crippen LogP contribution in [0.25, 0.3) is 0 Å². The number of nitrogens with zero attached hydrogens (tertiary/aromatic N) is 3. The lowest BCUT2D eigenvalue weighted by Crippen LogP contribution is -2.18. The Balaban J connectivity index is 2.31. The number of hydrogen-bond donors (Lipinski definition) is 2. The van der Waals surface area contributed by atoms with Crippen molar-refractivity contribution in [1.82, 2.24) is 10.2 Å². The van der Waals surface area contributed by atoms with Crippen molar-refractivity contribution in [2.45, 2.75) is 25.7 Å². The lowest BCUT2D eigenvalue weighted by atomic mass is 10.2. The Bertz CT molecular complexity index is 290. The van der Waals surface area contributed by atoms with Gasteiger partial charge in [-0.25, -0.2) is 0 Å². The summed E-state index contributed by atoms with van der Waals surface area (Å²) in [5.74, 6) is 0.583. The summed E-state index contributed by atoms with van der Waals surface area (Å²) in [6.07, 6.45) is 3.47. The molecule has 0 saturated carbocycles. The zero-order chi connectivity index (χ0) is 11.8. The second-order valence-corrected chi connectivity index (χ2v) is 3.72. The first-order chi connectivity index (χ1) is 7.77. The highest BCUT2D eigenvalue weighted by molar-refractivity contribution is 5.21. The van der Waals surface area contributed by atoms with Crippen LogP contribution >= 0.6 is 0 Å². The van der Waals surface area contributed by atoms with Crippen LogP contribution in [0.5, 0.6) is 0 Å². The lowest BCUT2D eigenvalue weighted by Gasteiger charge is -2.12. The highest BCUT2D eigenvalue weighted by Crippen LogP contribution is 2.11. The molecule has 0 fully saturated rings. The van der Waals surface area contributed by atoms with Gasteiger partial charge in [-0.15, -0.1) is 5.10 Å². The van der Waals surface area contributed by atoms with Crippen LogP contribution in [-0.2, 0) is 6.42 Å². The smallest absolute Gasteiger partial charge is 0.317 e. The molecule has 0 unspecified atom stereocenters. The minimum atomic E-state index is 0.255. The third-order valence-corrected chi connectivity index (χ3v) is 2.29. The zero-order valence-corrected chi connectivity index (χ0v) is 9.72. The molecule has 1 heterocycles. The number of nitrogens with two attached hydrogens (primary N) is 1. The monoisotopic (exact) mass is 228 g/mol. The number of rotatable bonds is 8. The maximum atomic E-state index is 8.64. The molecule has 0 bridgehead atoms. The van der Waals surface area contributed by atoms with Gasteiger partial charge in [0.15, 0.2) is 0 Å². The van der Waals surface area contributed by atoms with E-state index < -0.39 is 0 Å². The number of aliphatic hydroxyl groups is 1. The van der Waals surface area contributed by atoms with Crippen LogP contribution < -0.4 is 10.6 Å². The standard InChI is InChI=1S/C10H20N4O2/c1-14(7-3-2-4-8-15)10-13-12-9(16-10)5-6-11/h15H,2-8,11H2,1H3. The average molecular weight is 228 g/mol. The highest BCUT2D eigenvalue weighted by Gasteiger charge is 2.09. The van der Waals surface area contributed by atoms with Gasteiger partial charge in [-0.05, 0) is 19.3 Å². The predicted molar refractivity (Wildman–Crippen MR) is 61.3 cm³/mol. The van der Waals surface area contributed by atoms with E-state index in [1.807, 2.05) is 11.9 Å². The first-order valence-electron chi connectivity index (χ1n) is 5.62. The summed E-state index contributed by atoms with van der Waals surface area (Å²) >= 11 is 0. The second-order valence-electron chi connectivity index (χ2n) is 3.72. The molecule has 0 aromatic carbocycles. The van der Waals surface area contributed by atoms with Crippen LogP contribution in [-0.4, -0.2) is 42.0 Å². The molecule has 6 nitrogen and oxygen atoms in total. The predicted octanol–water partition coefficient (Wildman–Crippen LogP) is 0.170. The summed E-state index contributed by atoms with van der Waals surface area (Å²) in [7, 11) is 1.92. The molecule has 0 saturated heterocycles. The number of aliphatic hydroxyl groups excluding tert-OH is 1. The van der Waals surface area contributed by atoms with Crippen molar-refractivity contribution in [1.29, 1.82) is 0 Å². The number of anilines is 1. The normalized spacial score (nSPS) is 10.7. The van der Waals surface area contributed by atoms with E-state index in [0.717, 1.165) is 25.8 Å². The van der Waals surface area contributed by atoms with E-state index >= 15 is 0 Å². The van der Waals surface area contributed by atoms with Gasteiger partial charge in [-0.1, -0.05) is 5.10 Å². The molecular formula is C10H20N4O2. The quantitative estimate of drug-likeness (QED) is 0.617. The summed E-state index contributed by atoms with van der Waals surface area (Å²) in [5, 5.41) is 16.5. The Morgan fingerprint density at radius 1 is 1.31 bits per heavy atom. The SMILES string of the molecule is CN(CCCCCO)c1nnc(CCN)o1. The number of aromatic nitrogens is 2. The molecular weight excluding hydrogens is 208 g/mol. The molecule has 0 aliphatic rings. The van der Waals surface area contributed by atoms with Crippen LogP contribution in [0.3, 0.4) is 0 Å². The summed E-state index contributed by atoms with van der Waals surface area (Å²) in [6.45, 7) is 1.62. The van der Waals surface area contributed by atoms with Gasteiger partial charge in [0.1, 0.15) is 0 Å². The van der Waals surface area contributed by atoms with Crippen molar-refractivity contribution in [3.05, 3.63) is 5.89 Å². The van der Waals surface area contributed by atoms with Crippen LogP contribution in [0.15, 0.2) is 4.42 Å². The Morgan fingerprint density at radius 2 is 2.12 bits per heavy atom. The maximum Gasteiger partial charge on any atom is 0.317 e. The fraction of sp³-hybridized carbons (Fsp3) is 0.800. The molecule has 1 aromatic heterocycles. The van der Waals surface area contributed by atoms with E-state index in [1.165, 1.54) is 0 Å². The van der Waals surface area contributed by atoms with Gasteiger partial charge in [0.2, 0.25) is 5.89 Å². The van der Waals surface area contributed by atoms with Crippen LogP contribution in [0.2, 0.25) is 0 Å². The minimum Gasteiger partial charge on any atom is -0.408 e. The summed E-state index contributed by atoms with van der Waals surface area (Å²) in [5.41, 5.74) is 5.39. The van der Waals surface area contributed by atoms with E-state index in [0.29, 0.717) is 24.9 Å². The van der Waals surface area contributed by atoms with E-state index in [9.17, 15) is 0 Å². The van der Waals surface area contributed by atoms with Crippen molar-refractivity contribution in [3.8, 4) is 0 Å². The first kappa shape index (κ1) is 12.9. The molecule has 0 aliphatic carbocycles. The van der Waals surface area contributed by atoms with Gasteiger partial charge >= 0.3 is 6.01 Å². The number of hydrogen-bond acceptors (Lipinski definition) is 6. The van der Waals surface area contributed by atoms with Gasteiger partial charge in [-0.3, -0.25) is 0 Å². The Kier molecular flexibility index (Phi) is 5.81. The van der Waals surface area contributed by atoms with Crippen LogP contribution in [0.4, 0.5) is 6.01 Å².